The van der Waals surface area contributed by atoms with Gasteiger partial charge in [-0.05, 0) is 0 Å². The third kappa shape index (κ3) is 2.05. The minimum absolute atomic E-state index is 0.0588. The van der Waals surface area contributed by atoms with Crippen molar-refractivity contribution in [2.75, 3.05) is 14.2 Å². The number of esters is 2. The first-order chi connectivity index (χ1) is 9.51. The third-order valence-corrected chi connectivity index (χ3v) is 3.04. The van der Waals surface area contributed by atoms with Crippen LogP contribution in [-0.4, -0.2) is 39.8 Å². The van der Waals surface area contributed by atoms with Crippen LogP contribution in [0.5, 0.6) is 0 Å². The van der Waals surface area contributed by atoms with E-state index in [4.69, 9.17) is 0 Å². The van der Waals surface area contributed by atoms with E-state index in [-0.39, 0.29) is 22.2 Å². The van der Waals surface area contributed by atoms with Gasteiger partial charge in [-0.2, -0.15) is 8.75 Å². The molecule has 0 atom stereocenters. The van der Waals surface area contributed by atoms with Crippen molar-refractivity contribution in [3.8, 4) is 0 Å². The molecule has 2 rings (SSSR count). The number of non-ortho nitro benzene ring substituents is 1. The first-order valence-corrected chi connectivity index (χ1v) is 5.84. The van der Waals surface area contributed by atoms with Crippen LogP contribution in [0.2, 0.25) is 0 Å². The molecule has 0 aliphatic carbocycles. The number of hydrogen-bond donors (Lipinski definition) is 0. The van der Waals surface area contributed by atoms with Gasteiger partial charge in [-0.3, -0.25) is 10.1 Å². The molecule has 0 bridgehead atoms. The Morgan fingerprint density at radius 2 is 1.80 bits per heavy atom. The molecule has 1 aromatic carbocycles. The minimum Gasteiger partial charge on any atom is -0.465 e. The lowest BCUT2D eigenvalue weighted by Gasteiger charge is -2.06. The van der Waals surface area contributed by atoms with Crippen molar-refractivity contribution in [2.45, 2.75) is 0 Å². The van der Waals surface area contributed by atoms with Gasteiger partial charge in [0, 0.05) is 6.07 Å². The van der Waals surface area contributed by atoms with Gasteiger partial charge in [-0.15, -0.1) is 0 Å². The van der Waals surface area contributed by atoms with E-state index >= 15 is 0 Å². The zero-order valence-electron chi connectivity index (χ0n) is 10.3. The maximum atomic E-state index is 11.8. The Labute approximate surface area is 115 Å². The van der Waals surface area contributed by atoms with Crippen molar-refractivity contribution in [3.05, 3.63) is 27.3 Å². The van der Waals surface area contributed by atoms with E-state index in [0.29, 0.717) is 11.7 Å². The number of methoxy groups -OCH3 is 2. The van der Waals surface area contributed by atoms with Gasteiger partial charge >= 0.3 is 11.9 Å². The van der Waals surface area contributed by atoms with Crippen LogP contribution >= 0.6 is 11.7 Å². The van der Waals surface area contributed by atoms with Crippen LogP contribution in [0.3, 0.4) is 0 Å². The maximum Gasteiger partial charge on any atom is 0.341 e. The Morgan fingerprint density at radius 3 is 2.35 bits per heavy atom. The van der Waals surface area contributed by atoms with Gasteiger partial charge in [0.05, 0.1) is 36.4 Å². The molecule has 20 heavy (non-hydrogen) atoms. The molecule has 0 amide bonds. The summed E-state index contributed by atoms with van der Waals surface area (Å²) in [5.41, 5.74) is -1.05. The van der Waals surface area contributed by atoms with Gasteiger partial charge in [-0.25, -0.2) is 9.59 Å². The number of benzene rings is 1. The summed E-state index contributed by atoms with van der Waals surface area (Å²) in [6.07, 6.45) is 0. The Bertz CT molecular complexity index is 725. The second kappa shape index (κ2) is 5.17. The Morgan fingerprint density at radius 1 is 1.20 bits per heavy atom. The van der Waals surface area contributed by atoms with Gasteiger partial charge in [0.2, 0.25) is 0 Å². The summed E-state index contributed by atoms with van der Waals surface area (Å²) in [5, 5.41) is 11.0. The number of nitrogens with zero attached hydrogens (tertiary/aromatic N) is 3. The molecule has 10 heteroatoms. The number of carbonyl (C=O) groups is 2. The fourth-order valence-electron chi connectivity index (χ4n) is 1.64. The molecule has 0 saturated heterocycles. The van der Waals surface area contributed by atoms with Crippen LogP contribution in [0.1, 0.15) is 20.7 Å². The number of rotatable bonds is 3. The highest BCUT2D eigenvalue weighted by atomic mass is 32.1. The molecule has 0 spiro atoms. The fourth-order valence-corrected chi connectivity index (χ4v) is 2.21. The third-order valence-electron chi connectivity index (χ3n) is 2.51. The molecule has 0 saturated carbocycles. The van der Waals surface area contributed by atoms with E-state index in [2.05, 4.69) is 18.2 Å². The molecule has 0 aliphatic heterocycles. The highest BCUT2D eigenvalue weighted by molar-refractivity contribution is 7.00. The molecule has 0 N–H and O–H groups in total. The summed E-state index contributed by atoms with van der Waals surface area (Å²) in [6.45, 7) is 0. The predicted octanol–water partition coefficient (Wildman–Crippen LogP) is 1.17. The van der Waals surface area contributed by atoms with Crippen molar-refractivity contribution < 1.29 is 24.0 Å². The lowest BCUT2D eigenvalue weighted by molar-refractivity contribution is -0.383. The number of ether oxygens (including phenoxy) is 2. The molecular weight excluding hydrogens is 290 g/mol. The van der Waals surface area contributed by atoms with E-state index in [9.17, 15) is 19.7 Å². The van der Waals surface area contributed by atoms with Crippen LogP contribution in [0.15, 0.2) is 6.07 Å². The number of carbonyl (C=O) groups excluding carboxylic acids is 2. The maximum absolute atomic E-state index is 11.8. The monoisotopic (exact) mass is 297 g/mol. The SMILES string of the molecule is COC(=O)c1cc([N+](=O)[O-])c2nsnc2c1C(=O)OC. The van der Waals surface area contributed by atoms with Gasteiger partial charge in [-0.1, -0.05) is 0 Å². The highest BCUT2D eigenvalue weighted by Gasteiger charge is 2.30. The van der Waals surface area contributed by atoms with Crippen LogP contribution in [0.4, 0.5) is 5.69 Å². The van der Waals surface area contributed by atoms with Crippen LogP contribution < -0.4 is 0 Å². The molecular formula is C10H7N3O6S. The summed E-state index contributed by atoms with van der Waals surface area (Å²) in [7, 11) is 2.22. The first-order valence-electron chi connectivity index (χ1n) is 5.11. The average Bonchev–Trinajstić information content (AvgIpc) is 2.92. The van der Waals surface area contributed by atoms with Crippen molar-refractivity contribution in [3.63, 3.8) is 0 Å². The summed E-state index contributed by atoms with van der Waals surface area (Å²) >= 11 is 0.690. The normalized spacial score (nSPS) is 10.3. The molecule has 0 fully saturated rings. The summed E-state index contributed by atoms with van der Waals surface area (Å²) in [5.74, 6) is -1.75. The minimum atomic E-state index is -0.900. The Balaban J connectivity index is 2.90. The second-order valence-electron chi connectivity index (χ2n) is 3.52. The number of hydrogen-bond acceptors (Lipinski definition) is 9. The van der Waals surface area contributed by atoms with Crippen molar-refractivity contribution in [1.29, 1.82) is 0 Å². The Hall–Kier alpha value is -2.62. The molecule has 0 unspecified atom stereocenters. The molecule has 2 aromatic rings. The summed E-state index contributed by atoms with van der Waals surface area (Å²) in [6, 6.07) is 0.932. The Kier molecular flexibility index (Phi) is 3.57. The molecule has 1 heterocycles. The largest absolute Gasteiger partial charge is 0.465 e. The van der Waals surface area contributed by atoms with Crippen LogP contribution in [0.25, 0.3) is 11.0 Å². The topological polar surface area (TPSA) is 122 Å². The second-order valence-corrected chi connectivity index (χ2v) is 4.05. The van der Waals surface area contributed by atoms with Gasteiger partial charge in [0.25, 0.3) is 5.69 Å². The highest BCUT2D eigenvalue weighted by Crippen LogP contribution is 2.31. The van der Waals surface area contributed by atoms with E-state index in [0.717, 1.165) is 20.3 Å². The number of fused-ring (bicyclic) bond motifs is 1. The van der Waals surface area contributed by atoms with E-state index in [1.165, 1.54) is 0 Å². The average molecular weight is 297 g/mol. The standard InChI is InChI=1S/C10H7N3O6S/c1-18-9(14)4-3-5(13(16)17)7-8(12-20-11-7)6(4)10(15)19-2/h3H,1-2H3. The smallest absolute Gasteiger partial charge is 0.341 e. The predicted molar refractivity (Wildman–Crippen MR) is 66.7 cm³/mol. The lowest BCUT2D eigenvalue weighted by atomic mass is 10.0. The van der Waals surface area contributed by atoms with Crippen LogP contribution in [-0.2, 0) is 9.47 Å². The van der Waals surface area contributed by atoms with Crippen LogP contribution in [0, 0.1) is 10.1 Å². The van der Waals surface area contributed by atoms with E-state index in [1.807, 2.05) is 0 Å². The molecule has 1 aromatic heterocycles. The number of aromatic nitrogens is 2. The molecule has 0 radical (unpaired) electrons. The van der Waals surface area contributed by atoms with E-state index in [1.54, 1.807) is 0 Å². The van der Waals surface area contributed by atoms with Gasteiger partial charge in [0.15, 0.2) is 5.52 Å². The zero-order valence-corrected chi connectivity index (χ0v) is 11.1. The molecule has 0 aliphatic rings. The lowest BCUT2D eigenvalue weighted by Crippen LogP contribution is -2.13. The van der Waals surface area contributed by atoms with Crippen molar-refractivity contribution >= 4 is 40.4 Å². The molecule has 9 nitrogen and oxygen atoms in total. The van der Waals surface area contributed by atoms with Gasteiger partial charge in [0.1, 0.15) is 11.1 Å². The summed E-state index contributed by atoms with van der Waals surface area (Å²) < 4.78 is 16.7. The fraction of sp³-hybridized carbons (Fsp3) is 0.200. The summed E-state index contributed by atoms with van der Waals surface area (Å²) in [4.78, 5) is 33.8. The van der Waals surface area contributed by atoms with Gasteiger partial charge < -0.3 is 9.47 Å². The number of nitro benzene ring substituents is 1. The van der Waals surface area contributed by atoms with Crippen molar-refractivity contribution in [2.24, 2.45) is 0 Å². The van der Waals surface area contributed by atoms with E-state index < -0.39 is 22.5 Å². The zero-order chi connectivity index (χ0) is 14.9. The first kappa shape index (κ1) is 13.8. The van der Waals surface area contributed by atoms with Crippen molar-refractivity contribution in [1.82, 2.24) is 8.75 Å². The number of nitro groups is 1. The molecule has 104 valence electrons. The quantitative estimate of drug-likeness (QED) is 0.470.